The number of hydrogen-bond donors (Lipinski definition) is 4. The van der Waals surface area contributed by atoms with Gasteiger partial charge in [0, 0.05) is 47.3 Å². The van der Waals surface area contributed by atoms with E-state index in [4.69, 9.17) is 5.73 Å². The number of nitrogen functional groups attached to an aromatic ring is 1. The van der Waals surface area contributed by atoms with Crippen molar-refractivity contribution in [1.82, 2.24) is 9.97 Å². The molecule has 1 unspecified atom stereocenters. The first-order valence-electron chi connectivity index (χ1n) is 10.1. The first-order chi connectivity index (χ1) is 15.9. The zero-order valence-electron chi connectivity index (χ0n) is 17.9. The van der Waals surface area contributed by atoms with Gasteiger partial charge >= 0.3 is 0 Å². The SMILES string of the molecule is CS(=O)Nc1ccccc1Nc1nc(Nc2ccc(N3CCS(=O)CC3)cc2N)ncc1F. The third-order valence-electron chi connectivity index (χ3n) is 5.00. The molecule has 174 valence electrons. The molecule has 1 atom stereocenters. The summed E-state index contributed by atoms with van der Waals surface area (Å²) in [5.74, 6) is 0.771. The van der Waals surface area contributed by atoms with E-state index in [-0.39, 0.29) is 11.8 Å². The first-order valence-corrected chi connectivity index (χ1v) is 13.2. The maximum absolute atomic E-state index is 14.4. The molecule has 2 heterocycles. The molecule has 0 bridgehead atoms. The maximum atomic E-state index is 14.4. The Bertz CT molecular complexity index is 1200. The van der Waals surface area contributed by atoms with Gasteiger partial charge < -0.3 is 26.0 Å². The fraction of sp³-hybridized carbons (Fsp3) is 0.238. The molecule has 1 saturated heterocycles. The summed E-state index contributed by atoms with van der Waals surface area (Å²) in [6, 6.07) is 12.6. The van der Waals surface area contributed by atoms with E-state index in [1.165, 1.54) is 6.26 Å². The molecule has 0 radical (unpaired) electrons. The average Bonchev–Trinajstić information content (AvgIpc) is 2.79. The highest BCUT2D eigenvalue weighted by molar-refractivity contribution is 7.85. The van der Waals surface area contributed by atoms with E-state index in [2.05, 4.69) is 30.2 Å². The summed E-state index contributed by atoms with van der Waals surface area (Å²) in [7, 11) is -2.04. The van der Waals surface area contributed by atoms with Crippen LogP contribution in [0.1, 0.15) is 0 Å². The molecule has 4 rings (SSSR count). The van der Waals surface area contributed by atoms with Gasteiger partial charge in [0.25, 0.3) is 0 Å². The molecule has 5 N–H and O–H groups in total. The number of para-hydroxylation sites is 2. The van der Waals surface area contributed by atoms with Crippen molar-refractivity contribution in [3.8, 4) is 0 Å². The number of hydrogen-bond acceptors (Lipinski definition) is 8. The third kappa shape index (κ3) is 5.76. The molecule has 0 spiro atoms. The highest BCUT2D eigenvalue weighted by atomic mass is 32.2. The van der Waals surface area contributed by atoms with Gasteiger partial charge in [-0.3, -0.25) is 4.21 Å². The molecule has 33 heavy (non-hydrogen) atoms. The van der Waals surface area contributed by atoms with Crippen LogP contribution in [0.25, 0.3) is 0 Å². The number of benzene rings is 2. The van der Waals surface area contributed by atoms with Crippen LogP contribution in [0.3, 0.4) is 0 Å². The number of nitrogens with two attached hydrogens (primary N) is 1. The molecule has 2 aromatic carbocycles. The molecule has 9 nitrogen and oxygen atoms in total. The summed E-state index contributed by atoms with van der Waals surface area (Å²) in [5, 5.41) is 5.94. The van der Waals surface area contributed by atoms with Crippen molar-refractivity contribution < 1.29 is 12.8 Å². The van der Waals surface area contributed by atoms with E-state index in [1.54, 1.807) is 24.3 Å². The lowest BCUT2D eigenvalue weighted by molar-refractivity contribution is 0.619. The normalized spacial score (nSPS) is 15.2. The minimum Gasteiger partial charge on any atom is -0.397 e. The van der Waals surface area contributed by atoms with Crippen LogP contribution in [0.4, 0.5) is 44.6 Å². The van der Waals surface area contributed by atoms with Crippen LogP contribution in [-0.4, -0.2) is 49.2 Å². The van der Waals surface area contributed by atoms with Crippen molar-refractivity contribution in [2.45, 2.75) is 0 Å². The number of rotatable bonds is 7. The highest BCUT2D eigenvalue weighted by Gasteiger charge is 2.17. The summed E-state index contributed by atoms with van der Waals surface area (Å²) < 4.78 is 40.3. The van der Waals surface area contributed by atoms with Crippen LogP contribution >= 0.6 is 0 Å². The number of anilines is 7. The van der Waals surface area contributed by atoms with E-state index in [0.717, 1.165) is 25.0 Å². The molecule has 1 aliphatic heterocycles. The van der Waals surface area contributed by atoms with Gasteiger partial charge in [0.2, 0.25) is 5.95 Å². The Morgan fingerprint density at radius 2 is 1.82 bits per heavy atom. The standard InChI is InChI=1S/C21H24FN7O2S2/c1-32(30)28-19-5-3-2-4-18(19)25-20-15(22)13-24-21(27-20)26-17-7-6-14(12-16(17)23)29-8-10-33(31)11-9-29/h2-7,12-13,28H,8-11,23H2,1H3,(H2,24,25,26,27). The van der Waals surface area contributed by atoms with Crippen LogP contribution < -0.4 is 26.0 Å². The highest BCUT2D eigenvalue weighted by Crippen LogP contribution is 2.30. The number of nitrogens with one attached hydrogen (secondary N) is 3. The largest absolute Gasteiger partial charge is 0.397 e. The van der Waals surface area contributed by atoms with E-state index < -0.39 is 27.6 Å². The van der Waals surface area contributed by atoms with Gasteiger partial charge in [-0.05, 0) is 30.3 Å². The number of nitrogens with zero attached hydrogens (tertiary/aromatic N) is 3. The molecule has 0 aliphatic carbocycles. The number of aromatic nitrogens is 2. The minimum atomic E-state index is -1.29. The molecular formula is C21H24FN7O2S2. The predicted molar refractivity (Wildman–Crippen MR) is 134 cm³/mol. The van der Waals surface area contributed by atoms with Crippen molar-refractivity contribution in [3.05, 3.63) is 54.5 Å². The predicted octanol–water partition coefficient (Wildman–Crippen LogP) is 2.96. The monoisotopic (exact) mass is 489 g/mol. The Morgan fingerprint density at radius 1 is 1.09 bits per heavy atom. The van der Waals surface area contributed by atoms with Crippen molar-refractivity contribution in [3.63, 3.8) is 0 Å². The van der Waals surface area contributed by atoms with Crippen molar-refractivity contribution in [2.75, 3.05) is 56.8 Å². The molecule has 12 heteroatoms. The van der Waals surface area contributed by atoms with Gasteiger partial charge in [0.05, 0.1) is 28.9 Å². The average molecular weight is 490 g/mol. The van der Waals surface area contributed by atoms with Gasteiger partial charge in [0.1, 0.15) is 11.0 Å². The lowest BCUT2D eigenvalue weighted by atomic mass is 10.2. The second-order valence-electron chi connectivity index (χ2n) is 7.35. The van der Waals surface area contributed by atoms with Crippen LogP contribution in [0, 0.1) is 5.82 Å². The Morgan fingerprint density at radius 3 is 2.52 bits per heavy atom. The minimum absolute atomic E-state index is 0.0415. The molecule has 3 aromatic rings. The molecule has 0 amide bonds. The Balaban J connectivity index is 1.52. The Kier molecular flexibility index (Phi) is 7.04. The van der Waals surface area contributed by atoms with Crippen LogP contribution in [0.15, 0.2) is 48.7 Å². The Labute approximate surface area is 196 Å². The third-order valence-corrected chi connectivity index (χ3v) is 6.79. The summed E-state index contributed by atoms with van der Waals surface area (Å²) in [6.07, 6.45) is 2.57. The lowest BCUT2D eigenvalue weighted by Crippen LogP contribution is -2.37. The van der Waals surface area contributed by atoms with Crippen LogP contribution in [-0.2, 0) is 21.8 Å². The van der Waals surface area contributed by atoms with Crippen molar-refractivity contribution in [1.29, 1.82) is 0 Å². The van der Waals surface area contributed by atoms with Crippen LogP contribution in [0.2, 0.25) is 0 Å². The summed E-state index contributed by atoms with van der Waals surface area (Å²) in [6.45, 7) is 1.44. The molecule has 1 aliphatic rings. The molecular weight excluding hydrogens is 465 g/mol. The van der Waals surface area contributed by atoms with Gasteiger partial charge in [0.15, 0.2) is 11.6 Å². The van der Waals surface area contributed by atoms with E-state index in [1.807, 2.05) is 18.2 Å². The molecule has 1 fully saturated rings. The topological polar surface area (TPSA) is 125 Å². The summed E-state index contributed by atoms with van der Waals surface area (Å²) in [5.41, 5.74) is 9.32. The first kappa shape index (κ1) is 22.9. The smallest absolute Gasteiger partial charge is 0.229 e. The van der Waals surface area contributed by atoms with Gasteiger partial charge in [-0.25, -0.2) is 13.6 Å². The number of halogens is 1. The molecule has 0 saturated carbocycles. The second-order valence-corrected chi connectivity index (χ2v) is 10.2. The van der Waals surface area contributed by atoms with E-state index >= 15 is 0 Å². The maximum Gasteiger partial charge on any atom is 0.229 e. The fourth-order valence-corrected chi connectivity index (χ4v) is 4.90. The zero-order chi connectivity index (χ0) is 23.4. The van der Waals surface area contributed by atoms with E-state index in [0.29, 0.717) is 34.3 Å². The van der Waals surface area contributed by atoms with Crippen LogP contribution in [0.5, 0.6) is 0 Å². The second kappa shape index (κ2) is 10.1. The summed E-state index contributed by atoms with van der Waals surface area (Å²) in [4.78, 5) is 10.4. The molecule has 1 aromatic heterocycles. The van der Waals surface area contributed by atoms with Gasteiger partial charge in [-0.1, -0.05) is 12.1 Å². The summed E-state index contributed by atoms with van der Waals surface area (Å²) >= 11 is 0. The van der Waals surface area contributed by atoms with Crippen molar-refractivity contribution in [2.24, 2.45) is 0 Å². The van der Waals surface area contributed by atoms with E-state index in [9.17, 15) is 12.8 Å². The van der Waals surface area contributed by atoms with Gasteiger partial charge in [-0.2, -0.15) is 4.98 Å². The zero-order valence-corrected chi connectivity index (χ0v) is 19.5. The fourth-order valence-electron chi connectivity index (χ4n) is 3.36. The lowest BCUT2D eigenvalue weighted by Gasteiger charge is -2.28. The quantitative estimate of drug-likeness (QED) is 0.373. The Hall–Kier alpha value is -3.25. The van der Waals surface area contributed by atoms with Gasteiger partial charge in [-0.15, -0.1) is 0 Å². The van der Waals surface area contributed by atoms with Crippen molar-refractivity contribution >= 4 is 62.0 Å².